The zero-order chi connectivity index (χ0) is 36.0. The van der Waals surface area contributed by atoms with Gasteiger partial charge in [0.2, 0.25) is 0 Å². The fourth-order valence-corrected chi connectivity index (χ4v) is 9.08. The molecule has 3 aromatic heterocycles. The second kappa shape index (κ2) is 11.6. The molecule has 0 radical (unpaired) electrons. The second-order valence-corrected chi connectivity index (χ2v) is 14.5. The van der Waals surface area contributed by atoms with Crippen LogP contribution in [0, 0.1) is 0 Å². The van der Waals surface area contributed by atoms with Crippen LogP contribution in [-0.4, -0.2) is 9.13 Å². The molecule has 0 atom stereocenters. The van der Waals surface area contributed by atoms with E-state index in [0.29, 0.717) is 0 Å². The van der Waals surface area contributed by atoms with Crippen molar-refractivity contribution in [2.45, 2.75) is 0 Å². The number of rotatable bonds is 4. The van der Waals surface area contributed by atoms with Crippen LogP contribution >= 0.6 is 0 Å². The molecule has 0 amide bonds. The van der Waals surface area contributed by atoms with E-state index in [1.807, 2.05) is 0 Å². The van der Waals surface area contributed by atoms with Gasteiger partial charge in [-0.1, -0.05) is 121 Å². The minimum Gasteiger partial charge on any atom is -0.456 e. The molecule has 0 spiro atoms. The average molecular weight is 701 g/mol. The van der Waals surface area contributed by atoms with Gasteiger partial charge in [-0.05, 0) is 106 Å². The quantitative estimate of drug-likeness (QED) is 0.179. The zero-order valence-corrected chi connectivity index (χ0v) is 29.8. The van der Waals surface area contributed by atoms with Gasteiger partial charge in [0.25, 0.3) is 0 Å². The number of aromatic nitrogens is 2. The van der Waals surface area contributed by atoms with E-state index in [0.717, 1.165) is 44.4 Å². The maximum absolute atomic E-state index is 6.76. The Balaban J connectivity index is 1.01. The predicted molar refractivity (Wildman–Crippen MR) is 231 cm³/mol. The van der Waals surface area contributed by atoms with E-state index in [2.05, 4.69) is 203 Å². The SMILES string of the molecule is c1ccc(-n2c3ccccc3c3c(-c4ccc5c(c4)oc4cc(-c6cccc7c6c6ccccc6n7-c6ccc7ccccc7c6)ccc45)cccc32)cc1. The number of nitrogens with zero attached hydrogens (tertiary/aromatic N) is 2. The highest BCUT2D eigenvalue weighted by Crippen LogP contribution is 2.43. The number of fused-ring (bicyclic) bond motifs is 10. The maximum atomic E-state index is 6.76. The summed E-state index contributed by atoms with van der Waals surface area (Å²) in [6, 6.07) is 70.1. The van der Waals surface area contributed by atoms with Gasteiger partial charge in [-0.25, -0.2) is 0 Å². The van der Waals surface area contributed by atoms with Gasteiger partial charge in [0.05, 0.1) is 22.1 Å². The molecule has 3 heteroatoms. The lowest BCUT2D eigenvalue weighted by Gasteiger charge is -2.10. The molecule has 0 N–H and O–H groups in total. The van der Waals surface area contributed by atoms with Crippen LogP contribution < -0.4 is 0 Å². The molecule has 0 aliphatic heterocycles. The first-order valence-corrected chi connectivity index (χ1v) is 18.8. The highest BCUT2D eigenvalue weighted by atomic mass is 16.3. The molecule has 0 fully saturated rings. The fourth-order valence-electron chi connectivity index (χ4n) is 9.08. The average Bonchev–Trinajstić information content (AvgIpc) is 3.91. The van der Waals surface area contributed by atoms with Crippen LogP contribution in [0.1, 0.15) is 0 Å². The molecular weight excluding hydrogens is 669 g/mol. The number of hydrogen-bond donors (Lipinski definition) is 0. The van der Waals surface area contributed by atoms with Crippen LogP contribution in [0.2, 0.25) is 0 Å². The van der Waals surface area contributed by atoms with Crippen molar-refractivity contribution in [2.24, 2.45) is 0 Å². The first-order chi connectivity index (χ1) is 27.3. The first kappa shape index (κ1) is 30.1. The van der Waals surface area contributed by atoms with Crippen LogP contribution in [0.3, 0.4) is 0 Å². The van der Waals surface area contributed by atoms with Crippen molar-refractivity contribution >= 4 is 76.3 Å². The van der Waals surface area contributed by atoms with E-state index in [1.54, 1.807) is 0 Å². The van der Waals surface area contributed by atoms with Gasteiger partial charge in [0, 0.05) is 43.7 Å². The zero-order valence-electron chi connectivity index (χ0n) is 29.8. The van der Waals surface area contributed by atoms with Gasteiger partial charge in [0.1, 0.15) is 11.2 Å². The minimum absolute atomic E-state index is 0.888. The summed E-state index contributed by atoms with van der Waals surface area (Å²) in [5.41, 5.74) is 13.5. The third-order valence-electron chi connectivity index (χ3n) is 11.5. The van der Waals surface area contributed by atoms with Gasteiger partial charge >= 0.3 is 0 Å². The van der Waals surface area contributed by atoms with Crippen molar-refractivity contribution in [3.8, 4) is 33.6 Å². The molecule has 0 aliphatic rings. The van der Waals surface area contributed by atoms with E-state index in [-0.39, 0.29) is 0 Å². The Kier molecular flexibility index (Phi) is 6.34. The van der Waals surface area contributed by atoms with Crippen molar-refractivity contribution < 1.29 is 4.42 Å². The molecule has 0 aliphatic carbocycles. The Bertz CT molecular complexity index is 3490. The largest absolute Gasteiger partial charge is 0.456 e. The monoisotopic (exact) mass is 700 g/mol. The lowest BCUT2D eigenvalue weighted by atomic mass is 9.97. The Morgan fingerprint density at radius 1 is 0.309 bits per heavy atom. The molecule has 0 unspecified atom stereocenters. The molecular formula is C52H32N2O. The fraction of sp³-hybridized carbons (Fsp3) is 0. The summed E-state index contributed by atoms with van der Waals surface area (Å²) in [6.07, 6.45) is 0. The lowest BCUT2D eigenvalue weighted by molar-refractivity contribution is 0.669. The van der Waals surface area contributed by atoms with Crippen molar-refractivity contribution in [2.75, 3.05) is 0 Å². The normalized spacial score (nSPS) is 12.0. The number of benzene rings is 9. The highest BCUT2D eigenvalue weighted by Gasteiger charge is 2.19. The van der Waals surface area contributed by atoms with Crippen LogP contribution in [-0.2, 0) is 0 Å². The predicted octanol–water partition coefficient (Wildman–Crippen LogP) is 14.3. The Morgan fingerprint density at radius 2 is 0.818 bits per heavy atom. The molecule has 0 saturated heterocycles. The minimum atomic E-state index is 0.888. The smallest absolute Gasteiger partial charge is 0.136 e. The second-order valence-electron chi connectivity index (χ2n) is 14.5. The van der Waals surface area contributed by atoms with Crippen molar-refractivity contribution in [1.29, 1.82) is 0 Å². The topological polar surface area (TPSA) is 23.0 Å². The third kappa shape index (κ3) is 4.44. The highest BCUT2D eigenvalue weighted by molar-refractivity contribution is 6.18. The van der Waals surface area contributed by atoms with E-state index in [9.17, 15) is 0 Å². The number of furan rings is 1. The molecule has 0 bridgehead atoms. The molecule has 3 nitrogen and oxygen atoms in total. The van der Waals surface area contributed by atoms with Crippen LogP contribution in [0.25, 0.3) is 110 Å². The molecule has 0 saturated carbocycles. The van der Waals surface area contributed by atoms with E-state index in [4.69, 9.17) is 4.42 Å². The Hall–Kier alpha value is -7.36. The molecule has 9 aromatic carbocycles. The van der Waals surface area contributed by atoms with E-state index < -0.39 is 0 Å². The lowest BCUT2D eigenvalue weighted by Crippen LogP contribution is -1.93. The van der Waals surface area contributed by atoms with Crippen LogP contribution in [0.5, 0.6) is 0 Å². The Labute approximate surface area is 316 Å². The molecule has 256 valence electrons. The summed E-state index contributed by atoms with van der Waals surface area (Å²) < 4.78 is 11.5. The van der Waals surface area contributed by atoms with Gasteiger partial charge in [0.15, 0.2) is 0 Å². The van der Waals surface area contributed by atoms with Crippen molar-refractivity contribution in [1.82, 2.24) is 9.13 Å². The third-order valence-corrected chi connectivity index (χ3v) is 11.5. The van der Waals surface area contributed by atoms with Crippen molar-refractivity contribution in [3.05, 3.63) is 194 Å². The summed E-state index contributed by atoms with van der Waals surface area (Å²) in [5.74, 6) is 0. The van der Waals surface area contributed by atoms with Crippen LogP contribution in [0.4, 0.5) is 0 Å². The summed E-state index contributed by atoms with van der Waals surface area (Å²) in [5, 5.41) is 9.68. The molecule has 12 rings (SSSR count). The van der Waals surface area contributed by atoms with Gasteiger partial charge in [-0.3, -0.25) is 0 Å². The molecule has 12 aromatic rings. The molecule has 55 heavy (non-hydrogen) atoms. The summed E-state index contributed by atoms with van der Waals surface area (Å²) in [7, 11) is 0. The summed E-state index contributed by atoms with van der Waals surface area (Å²) >= 11 is 0. The number of para-hydroxylation sites is 3. The van der Waals surface area contributed by atoms with Crippen LogP contribution in [0.15, 0.2) is 199 Å². The summed E-state index contributed by atoms with van der Waals surface area (Å²) in [4.78, 5) is 0. The van der Waals surface area contributed by atoms with E-state index >= 15 is 0 Å². The van der Waals surface area contributed by atoms with Gasteiger partial charge in [-0.2, -0.15) is 0 Å². The van der Waals surface area contributed by atoms with Crippen molar-refractivity contribution in [3.63, 3.8) is 0 Å². The first-order valence-electron chi connectivity index (χ1n) is 18.8. The number of hydrogen-bond acceptors (Lipinski definition) is 1. The van der Waals surface area contributed by atoms with Gasteiger partial charge < -0.3 is 13.6 Å². The maximum Gasteiger partial charge on any atom is 0.136 e. The van der Waals surface area contributed by atoms with Gasteiger partial charge in [-0.15, -0.1) is 0 Å². The standard InChI is InChI=1S/C52H32N2O/c1-2-14-37(15-3-1)53-45-20-8-6-16-43(45)51-39(18-10-22-47(51)53)35-25-28-41-42-29-26-36(32-50(42)55-49(41)31-35)40-19-11-23-48-52(40)44-17-7-9-21-46(44)54(48)38-27-24-33-12-4-5-13-34(33)30-38/h1-32H. The van der Waals surface area contributed by atoms with E-state index in [1.165, 1.54) is 65.5 Å². The Morgan fingerprint density at radius 3 is 1.44 bits per heavy atom. The molecule has 3 heterocycles. The summed E-state index contributed by atoms with van der Waals surface area (Å²) in [6.45, 7) is 0.